The van der Waals surface area contributed by atoms with E-state index in [1.807, 2.05) is 13.8 Å². The monoisotopic (exact) mass is 229 g/mol. The van der Waals surface area contributed by atoms with Gasteiger partial charge in [-0.1, -0.05) is 13.8 Å². The number of nitrogens with one attached hydrogen (secondary N) is 1. The number of carboxylic acids is 1. The summed E-state index contributed by atoms with van der Waals surface area (Å²) in [7, 11) is 0. The van der Waals surface area contributed by atoms with Gasteiger partial charge >= 0.3 is 5.97 Å². The van der Waals surface area contributed by atoms with E-state index in [2.05, 4.69) is 5.32 Å². The van der Waals surface area contributed by atoms with Gasteiger partial charge in [-0.15, -0.1) is 0 Å². The van der Waals surface area contributed by atoms with Gasteiger partial charge in [-0.05, 0) is 37.6 Å². The second-order valence-corrected chi connectivity index (χ2v) is 4.89. The van der Waals surface area contributed by atoms with Crippen LogP contribution in [0, 0.1) is 11.8 Å². The van der Waals surface area contributed by atoms with Crippen molar-refractivity contribution in [3.63, 3.8) is 0 Å². The van der Waals surface area contributed by atoms with Crippen LogP contribution in [0.15, 0.2) is 0 Å². The molecule has 1 aliphatic rings. The second-order valence-electron chi connectivity index (χ2n) is 4.89. The molecule has 1 fully saturated rings. The first-order valence-corrected chi connectivity index (χ1v) is 6.15. The Morgan fingerprint density at radius 1 is 1.50 bits per heavy atom. The van der Waals surface area contributed by atoms with E-state index < -0.39 is 12.0 Å². The molecule has 0 saturated heterocycles. The molecule has 0 amide bonds. The van der Waals surface area contributed by atoms with Crippen LogP contribution >= 0.6 is 0 Å². The van der Waals surface area contributed by atoms with E-state index in [1.54, 1.807) is 0 Å². The van der Waals surface area contributed by atoms with Gasteiger partial charge in [-0.2, -0.15) is 0 Å². The van der Waals surface area contributed by atoms with Gasteiger partial charge in [-0.3, -0.25) is 4.79 Å². The third kappa shape index (κ3) is 5.47. The molecule has 1 aliphatic carbocycles. The minimum atomic E-state index is -0.770. The summed E-state index contributed by atoms with van der Waals surface area (Å²) in [6.07, 6.45) is 3.50. The molecule has 0 radical (unpaired) electrons. The lowest BCUT2D eigenvalue weighted by Crippen LogP contribution is -2.41. The van der Waals surface area contributed by atoms with Crippen LogP contribution in [0.1, 0.15) is 33.1 Å². The summed E-state index contributed by atoms with van der Waals surface area (Å²) < 4.78 is 5.47. The fourth-order valence-corrected chi connectivity index (χ4v) is 1.57. The molecule has 2 N–H and O–H groups in total. The first kappa shape index (κ1) is 13.5. The van der Waals surface area contributed by atoms with Gasteiger partial charge in [-0.25, -0.2) is 0 Å². The predicted octanol–water partition coefficient (Wildman–Crippen LogP) is 1.50. The van der Waals surface area contributed by atoms with E-state index in [1.165, 1.54) is 12.8 Å². The van der Waals surface area contributed by atoms with Crippen molar-refractivity contribution >= 4 is 5.97 Å². The summed E-state index contributed by atoms with van der Waals surface area (Å²) in [5, 5.41) is 12.0. The van der Waals surface area contributed by atoms with Crippen molar-refractivity contribution in [3.8, 4) is 0 Å². The van der Waals surface area contributed by atoms with E-state index >= 15 is 0 Å². The summed E-state index contributed by atoms with van der Waals surface area (Å²) in [6, 6.07) is -0.441. The van der Waals surface area contributed by atoms with Crippen LogP contribution < -0.4 is 5.32 Å². The molecular formula is C12H23NO3. The highest BCUT2D eigenvalue weighted by Crippen LogP contribution is 2.28. The Balaban J connectivity index is 1.96. The number of carbonyl (C=O) groups is 1. The minimum Gasteiger partial charge on any atom is -0.480 e. The molecule has 0 aliphatic heterocycles. The van der Waals surface area contributed by atoms with E-state index in [4.69, 9.17) is 9.84 Å². The molecule has 1 rings (SSSR count). The van der Waals surface area contributed by atoms with E-state index in [9.17, 15) is 4.79 Å². The highest BCUT2D eigenvalue weighted by Gasteiger charge is 2.21. The van der Waals surface area contributed by atoms with E-state index in [-0.39, 0.29) is 5.92 Å². The Morgan fingerprint density at radius 3 is 2.69 bits per heavy atom. The van der Waals surface area contributed by atoms with Gasteiger partial charge in [0.1, 0.15) is 6.04 Å². The fraction of sp³-hybridized carbons (Fsp3) is 0.917. The average Bonchev–Trinajstić information content (AvgIpc) is 2.99. The molecule has 0 heterocycles. The van der Waals surface area contributed by atoms with Crippen molar-refractivity contribution in [2.45, 2.75) is 39.2 Å². The fourth-order valence-electron chi connectivity index (χ4n) is 1.57. The molecular weight excluding hydrogens is 206 g/mol. The molecule has 94 valence electrons. The van der Waals surface area contributed by atoms with Crippen molar-refractivity contribution in [2.75, 3.05) is 19.8 Å². The molecule has 16 heavy (non-hydrogen) atoms. The van der Waals surface area contributed by atoms with Crippen molar-refractivity contribution < 1.29 is 14.6 Å². The predicted molar refractivity (Wildman–Crippen MR) is 62.4 cm³/mol. The SMILES string of the molecule is CC(C)C(NCCCOCC1CC1)C(=O)O. The van der Waals surface area contributed by atoms with Crippen LogP contribution in [0.2, 0.25) is 0 Å². The van der Waals surface area contributed by atoms with E-state index in [0.717, 1.165) is 25.6 Å². The van der Waals surface area contributed by atoms with Gasteiger partial charge in [0.05, 0.1) is 0 Å². The molecule has 0 bridgehead atoms. The van der Waals surface area contributed by atoms with Gasteiger partial charge in [0, 0.05) is 13.2 Å². The van der Waals surface area contributed by atoms with Crippen LogP contribution in [0.25, 0.3) is 0 Å². The molecule has 4 heteroatoms. The summed E-state index contributed by atoms with van der Waals surface area (Å²) in [6.45, 7) is 6.14. The highest BCUT2D eigenvalue weighted by molar-refractivity contribution is 5.73. The lowest BCUT2D eigenvalue weighted by Gasteiger charge is -2.17. The van der Waals surface area contributed by atoms with Crippen LogP contribution in [0.5, 0.6) is 0 Å². The largest absolute Gasteiger partial charge is 0.480 e. The van der Waals surface area contributed by atoms with Crippen LogP contribution in [0.3, 0.4) is 0 Å². The highest BCUT2D eigenvalue weighted by atomic mass is 16.5. The van der Waals surface area contributed by atoms with Gasteiger partial charge in [0.2, 0.25) is 0 Å². The maximum atomic E-state index is 10.9. The molecule has 1 unspecified atom stereocenters. The number of hydrogen-bond donors (Lipinski definition) is 2. The first-order valence-electron chi connectivity index (χ1n) is 6.15. The van der Waals surface area contributed by atoms with Gasteiger partial charge < -0.3 is 15.2 Å². The lowest BCUT2D eigenvalue weighted by atomic mass is 10.0. The topological polar surface area (TPSA) is 58.6 Å². The van der Waals surface area contributed by atoms with Crippen LogP contribution in [-0.4, -0.2) is 36.9 Å². The van der Waals surface area contributed by atoms with Crippen molar-refractivity contribution in [2.24, 2.45) is 11.8 Å². The molecule has 1 atom stereocenters. The quantitative estimate of drug-likeness (QED) is 0.588. The number of aliphatic carboxylic acids is 1. The van der Waals surface area contributed by atoms with Crippen molar-refractivity contribution in [1.82, 2.24) is 5.32 Å². The molecule has 0 aromatic carbocycles. The Labute approximate surface area is 97.4 Å². The summed E-state index contributed by atoms with van der Waals surface area (Å²) >= 11 is 0. The third-order valence-electron chi connectivity index (χ3n) is 2.81. The van der Waals surface area contributed by atoms with Crippen LogP contribution in [0.4, 0.5) is 0 Å². The summed E-state index contributed by atoms with van der Waals surface area (Å²) in [4.78, 5) is 10.9. The van der Waals surface area contributed by atoms with Gasteiger partial charge in [0.15, 0.2) is 0 Å². The second kappa shape index (κ2) is 6.86. The zero-order valence-corrected chi connectivity index (χ0v) is 10.2. The van der Waals surface area contributed by atoms with Gasteiger partial charge in [0.25, 0.3) is 0 Å². The Hall–Kier alpha value is -0.610. The summed E-state index contributed by atoms with van der Waals surface area (Å²) in [5.41, 5.74) is 0. The molecule has 0 aromatic heterocycles. The number of ether oxygens (including phenoxy) is 1. The smallest absolute Gasteiger partial charge is 0.320 e. The average molecular weight is 229 g/mol. The molecule has 0 aromatic rings. The van der Waals surface area contributed by atoms with E-state index in [0.29, 0.717) is 6.54 Å². The van der Waals surface area contributed by atoms with Crippen LogP contribution in [-0.2, 0) is 9.53 Å². The number of carboxylic acid groups (broad SMARTS) is 1. The molecule has 0 spiro atoms. The third-order valence-corrected chi connectivity index (χ3v) is 2.81. The normalized spacial score (nSPS) is 17.7. The Morgan fingerprint density at radius 2 is 2.19 bits per heavy atom. The van der Waals surface area contributed by atoms with Crippen molar-refractivity contribution in [1.29, 1.82) is 0 Å². The van der Waals surface area contributed by atoms with Crippen molar-refractivity contribution in [3.05, 3.63) is 0 Å². The maximum Gasteiger partial charge on any atom is 0.320 e. The number of rotatable bonds is 9. The maximum absolute atomic E-state index is 10.9. The molecule has 1 saturated carbocycles. The zero-order valence-electron chi connectivity index (χ0n) is 10.2. The minimum absolute atomic E-state index is 0.116. The molecule has 4 nitrogen and oxygen atoms in total. The Bertz CT molecular complexity index is 214. The standard InChI is InChI=1S/C12H23NO3/c1-9(2)11(12(14)15)13-6-3-7-16-8-10-4-5-10/h9-11,13H,3-8H2,1-2H3,(H,14,15). The summed E-state index contributed by atoms with van der Waals surface area (Å²) in [5.74, 6) is 0.147. The zero-order chi connectivity index (χ0) is 12.0. The Kier molecular flexibility index (Phi) is 5.77. The first-order chi connectivity index (χ1) is 7.61. The lowest BCUT2D eigenvalue weighted by molar-refractivity contribution is -0.140. The number of hydrogen-bond acceptors (Lipinski definition) is 3.